The lowest BCUT2D eigenvalue weighted by molar-refractivity contribution is 0.194. The summed E-state index contributed by atoms with van der Waals surface area (Å²) in [5, 5.41) is 9.79. The Kier molecular flexibility index (Phi) is 4.79. The maximum Gasteiger partial charge on any atom is 0.143 e. The second-order valence-electron chi connectivity index (χ2n) is 6.60. The van der Waals surface area contributed by atoms with E-state index in [0.29, 0.717) is 0 Å². The first-order valence-electron chi connectivity index (χ1n) is 8.52. The fourth-order valence-electron chi connectivity index (χ4n) is 3.17. The molecule has 1 atom stereocenters. The Hall–Kier alpha value is -2.42. The van der Waals surface area contributed by atoms with Crippen molar-refractivity contribution >= 4 is 5.69 Å². The number of aryl methyl sites for hydroxylation is 1. The first kappa shape index (κ1) is 16.4. The summed E-state index contributed by atoms with van der Waals surface area (Å²) in [5.74, 6) is 1.09. The maximum atomic E-state index is 9.79. The van der Waals surface area contributed by atoms with Crippen LogP contribution in [0.3, 0.4) is 0 Å². The zero-order chi connectivity index (χ0) is 17.1. The molecular formula is C21H25NO2. The summed E-state index contributed by atoms with van der Waals surface area (Å²) in [7, 11) is 0. The molecule has 1 N–H and O–H groups in total. The number of phenols is 1. The van der Waals surface area contributed by atoms with Crippen molar-refractivity contribution in [2.75, 3.05) is 18.0 Å². The number of anilines is 1. The molecule has 1 heterocycles. The number of fused-ring (bicyclic) bond motifs is 1. The molecule has 1 aliphatic heterocycles. The van der Waals surface area contributed by atoms with Gasteiger partial charge in [0.1, 0.15) is 17.6 Å². The van der Waals surface area contributed by atoms with Gasteiger partial charge in [-0.3, -0.25) is 0 Å². The van der Waals surface area contributed by atoms with Crippen molar-refractivity contribution in [1.29, 1.82) is 0 Å². The molecular weight excluding hydrogens is 298 g/mol. The highest BCUT2D eigenvalue weighted by atomic mass is 16.5. The van der Waals surface area contributed by atoms with Crippen LogP contribution in [-0.4, -0.2) is 24.3 Å². The lowest BCUT2D eigenvalue weighted by Crippen LogP contribution is -2.41. The largest absolute Gasteiger partial charge is 0.508 e. The number of rotatable bonds is 5. The smallest absolute Gasteiger partial charge is 0.143 e. The van der Waals surface area contributed by atoms with E-state index in [4.69, 9.17) is 4.74 Å². The zero-order valence-corrected chi connectivity index (χ0v) is 14.5. The van der Waals surface area contributed by atoms with Crippen LogP contribution >= 0.6 is 0 Å². The van der Waals surface area contributed by atoms with Crippen molar-refractivity contribution in [1.82, 2.24) is 0 Å². The van der Waals surface area contributed by atoms with E-state index in [-0.39, 0.29) is 11.9 Å². The third kappa shape index (κ3) is 3.73. The van der Waals surface area contributed by atoms with Crippen molar-refractivity contribution < 1.29 is 9.84 Å². The summed E-state index contributed by atoms with van der Waals surface area (Å²) in [5.41, 5.74) is 4.68. The Morgan fingerprint density at radius 3 is 2.58 bits per heavy atom. The van der Waals surface area contributed by atoms with E-state index in [1.165, 1.54) is 11.1 Å². The fraction of sp³-hybridized carbons (Fsp3) is 0.333. The average Bonchev–Trinajstić information content (AvgIpc) is 2.56. The molecule has 0 aromatic heterocycles. The molecule has 0 saturated carbocycles. The van der Waals surface area contributed by atoms with Crippen LogP contribution in [0, 0.1) is 0 Å². The molecule has 1 unspecified atom stereocenters. The number of nitrogens with zero attached hydrogens (tertiary/aromatic N) is 1. The van der Waals surface area contributed by atoms with Crippen LogP contribution in [0.15, 0.2) is 54.6 Å². The Labute approximate surface area is 144 Å². The van der Waals surface area contributed by atoms with Gasteiger partial charge in [0, 0.05) is 19.0 Å². The molecule has 0 bridgehead atoms. The highest BCUT2D eigenvalue weighted by molar-refractivity contribution is 5.63. The number of phenolic OH excluding ortho intramolecular Hbond substituents is 1. The molecule has 0 fully saturated rings. The van der Waals surface area contributed by atoms with E-state index in [9.17, 15) is 5.11 Å². The van der Waals surface area contributed by atoms with E-state index >= 15 is 0 Å². The average molecular weight is 323 g/mol. The fourth-order valence-corrected chi connectivity index (χ4v) is 3.17. The van der Waals surface area contributed by atoms with Crippen LogP contribution < -0.4 is 9.64 Å². The van der Waals surface area contributed by atoms with Gasteiger partial charge in [0.15, 0.2) is 0 Å². The van der Waals surface area contributed by atoms with Crippen molar-refractivity contribution in [2.45, 2.75) is 32.8 Å². The molecule has 3 nitrogen and oxygen atoms in total. The number of aromatic hydroxyl groups is 1. The highest BCUT2D eigenvalue weighted by Crippen LogP contribution is 2.37. The van der Waals surface area contributed by atoms with Crippen LogP contribution in [0.2, 0.25) is 0 Å². The molecule has 0 saturated heterocycles. The minimum absolute atomic E-state index is 0.0915. The van der Waals surface area contributed by atoms with Crippen LogP contribution in [0.4, 0.5) is 5.69 Å². The second kappa shape index (κ2) is 7.00. The van der Waals surface area contributed by atoms with Gasteiger partial charge < -0.3 is 14.7 Å². The summed E-state index contributed by atoms with van der Waals surface area (Å²) in [6.45, 7) is 9.78. The van der Waals surface area contributed by atoms with Gasteiger partial charge in [-0.1, -0.05) is 43.3 Å². The summed E-state index contributed by atoms with van der Waals surface area (Å²) in [4.78, 5) is 2.24. The van der Waals surface area contributed by atoms with Gasteiger partial charge in [-0.05, 0) is 36.6 Å². The first-order chi connectivity index (χ1) is 11.5. The minimum atomic E-state index is 0.0915. The predicted octanol–water partition coefficient (Wildman–Crippen LogP) is 4.34. The van der Waals surface area contributed by atoms with E-state index in [0.717, 1.165) is 42.9 Å². The van der Waals surface area contributed by atoms with Crippen LogP contribution in [0.1, 0.15) is 25.0 Å². The van der Waals surface area contributed by atoms with Crippen molar-refractivity contribution in [3.05, 3.63) is 65.7 Å². The SMILES string of the molecule is C=C(C)CN1CC(Cc2ccc(CC)cc2)Oc2ccc(O)cc21. The number of ether oxygens (including phenoxy) is 1. The molecule has 126 valence electrons. The van der Waals surface area contributed by atoms with Gasteiger partial charge in [-0.25, -0.2) is 0 Å². The quantitative estimate of drug-likeness (QED) is 0.831. The Balaban J connectivity index is 1.80. The van der Waals surface area contributed by atoms with E-state index < -0.39 is 0 Å². The van der Waals surface area contributed by atoms with E-state index in [2.05, 4.69) is 42.7 Å². The first-order valence-corrected chi connectivity index (χ1v) is 8.52. The van der Waals surface area contributed by atoms with Gasteiger partial charge in [0.25, 0.3) is 0 Å². The van der Waals surface area contributed by atoms with Crippen molar-refractivity contribution in [3.8, 4) is 11.5 Å². The van der Waals surface area contributed by atoms with Crippen LogP contribution in [0.5, 0.6) is 11.5 Å². The minimum Gasteiger partial charge on any atom is -0.508 e. The Bertz CT molecular complexity index is 721. The van der Waals surface area contributed by atoms with Crippen molar-refractivity contribution in [2.24, 2.45) is 0 Å². The summed E-state index contributed by atoms with van der Waals surface area (Å²) in [6.07, 6.45) is 2.02. The Morgan fingerprint density at radius 2 is 1.92 bits per heavy atom. The maximum absolute atomic E-state index is 9.79. The van der Waals surface area contributed by atoms with Crippen molar-refractivity contribution in [3.63, 3.8) is 0 Å². The zero-order valence-electron chi connectivity index (χ0n) is 14.5. The third-order valence-corrected chi connectivity index (χ3v) is 4.36. The second-order valence-corrected chi connectivity index (χ2v) is 6.60. The lowest BCUT2D eigenvalue weighted by Gasteiger charge is -2.36. The standard InChI is InChI=1S/C21H25NO2/c1-4-16-5-7-17(8-6-16)11-19-14-22(13-15(2)3)20-12-18(23)9-10-21(20)24-19/h5-10,12,19,23H,2,4,11,13-14H2,1,3H3. The summed E-state index contributed by atoms with van der Waals surface area (Å²) in [6, 6.07) is 14.1. The Morgan fingerprint density at radius 1 is 1.21 bits per heavy atom. The topological polar surface area (TPSA) is 32.7 Å². The van der Waals surface area contributed by atoms with E-state index in [1.807, 2.05) is 13.0 Å². The van der Waals surface area contributed by atoms with Gasteiger partial charge >= 0.3 is 0 Å². The number of hydrogen-bond donors (Lipinski definition) is 1. The highest BCUT2D eigenvalue weighted by Gasteiger charge is 2.26. The lowest BCUT2D eigenvalue weighted by atomic mass is 10.0. The van der Waals surface area contributed by atoms with Gasteiger partial charge in [-0.2, -0.15) is 0 Å². The molecule has 24 heavy (non-hydrogen) atoms. The molecule has 0 amide bonds. The predicted molar refractivity (Wildman–Crippen MR) is 99.1 cm³/mol. The molecule has 0 aliphatic carbocycles. The van der Waals surface area contributed by atoms with Gasteiger partial charge in [-0.15, -0.1) is 0 Å². The van der Waals surface area contributed by atoms with Crippen LogP contribution in [-0.2, 0) is 12.8 Å². The number of benzene rings is 2. The van der Waals surface area contributed by atoms with Crippen LogP contribution in [0.25, 0.3) is 0 Å². The molecule has 3 heteroatoms. The molecule has 0 spiro atoms. The van der Waals surface area contributed by atoms with E-state index in [1.54, 1.807) is 12.1 Å². The summed E-state index contributed by atoms with van der Waals surface area (Å²) >= 11 is 0. The normalized spacial score (nSPS) is 16.4. The summed E-state index contributed by atoms with van der Waals surface area (Å²) < 4.78 is 6.18. The van der Waals surface area contributed by atoms with Gasteiger partial charge in [0.05, 0.1) is 12.2 Å². The number of hydrogen-bond acceptors (Lipinski definition) is 3. The molecule has 0 radical (unpaired) electrons. The van der Waals surface area contributed by atoms with Gasteiger partial charge in [0.2, 0.25) is 0 Å². The molecule has 1 aliphatic rings. The molecule has 3 rings (SSSR count). The third-order valence-electron chi connectivity index (χ3n) is 4.36. The monoisotopic (exact) mass is 323 g/mol. The molecule has 2 aromatic rings. The molecule has 2 aromatic carbocycles.